The van der Waals surface area contributed by atoms with Gasteiger partial charge in [-0.2, -0.15) is 5.10 Å². The van der Waals surface area contributed by atoms with Gasteiger partial charge in [0.25, 0.3) is 0 Å². The van der Waals surface area contributed by atoms with Crippen LogP contribution in [0.5, 0.6) is 11.5 Å². The SMILES string of the molecule is COc1cc2c(Nc3cc(CC(=O)Nc4cccc(F)c4)[nH]n3)ncnc2cc1OCCCNCCOP(=O)(OC(C)(C)C)OC(C)(C)C. The molecule has 0 saturated heterocycles. The molecule has 0 bridgehead atoms. The third-order valence-electron chi connectivity index (χ3n) is 6.31. The highest BCUT2D eigenvalue weighted by atomic mass is 31.2. The fourth-order valence-electron chi connectivity index (χ4n) is 4.49. The quantitative estimate of drug-likeness (QED) is 0.0694. The zero-order valence-corrected chi connectivity index (χ0v) is 29.8. The van der Waals surface area contributed by atoms with E-state index in [1.807, 2.05) is 0 Å². The molecule has 0 aliphatic heterocycles. The van der Waals surface area contributed by atoms with Gasteiger partial charge in [0.1, 0.15) is 18.0 Å². The van der Waals surface area contributed by atoms with Gasteiger partial charge in [-0.05, 0) is 78.8 Å². The number of benzene rings is 2. The number of aromatic amines is 1. The second-order valence-corrected chi connectivity index (χ2v) is 14.5. The van der Waals surface area contributed by atoms with E-state index < -0.39 is 24.8 Å². The van der Waals surface area contributed by atoms with Gasteiger partial charge < -0.3 is 25.4 Å². The number of aromatic nitrogens is 4. The molecule has 0 aliphatic carbocycles. The van der Waals surface area contributed by atoms with E-state index in [2.05, 4.69) is 36.1 Å². The summed E-state index contributed by atoms with van der Waals surface area (Å²) < 4.78 is 55.0. The number of H-pyrrole nitrogens is 1. The standard InChI is InChI=1S/C33H45FN7O7P/c1-32(2,3)47-49(43,48-33(4,5)6)46-15-13-35-12-9-14-45-28-20-26-25(19-27(28)44-7)31(37-21-36-26)39-29-17-24(40-41-29)18-30(42)38-23-11-8-10-22(34)16-23/h8,10-11,16-17,19-21,35H,9,12-15,18H2,1-7H3,(H,38,42)(H2,36,37,39,40,41). The average molecular weight is 702 g/mol. The molecule has 0 unspecified atom stereocenters. The Bertz CT molecular complexity index is 1740. The summed E-state index contributed by atoms with van der Waals surface area (Å²) in [6.07, 6.45) is 2.10. The molecule has 2 heterocycles. The Morgan fingerprint density at radius 2 is 1.71 bits per heavy atom. The van der Waals surface area contributed by atoms with Crippen LogP contribution in [0.3, 0.4) is 0 Å². The van der Waals surface area contributed by atoms with Crippen LogP contribution in [0.1, 0.15) is 53.7 Å². The number of halogens is 1. The zero-order chi connectivity index (χ0) is 35.7. The third-order valence-corrected chi connectivity index (χ3v) is 8.35. The summed E-state index contributed by atoms with van der Waals surface area (Å²) in [6.45, 7) is 12.4. The highest BCUT2D eigenvalue weighted by Crippen LogP contribution is 2.55. The van der Waals surface area contributed by atoms with E-state index in [1.165, 1.54) is 24.5 Å². The molecule has 1 amide bonds. The van der Waals surface area contributed by atoms with Crippen molar-refractivity contribution in [3.63, 3.8) is 0 Å². The van der Waals surface area contributed by atoms with Crippen LogP contribution in [0.15, 0.2) is 48.8 Å². The van der Waals surface area contributed by atoms with Gasteiger partial charge in [0.2, 0.25) is 5.91 Å². The summed E-state index contributed by atoms with van der Waals surface area (Å²) in [5.74, 6) is 1.18. The largest absolute Gasteiger partial charge is 0.493 e. The van der Waals surface area contributed by atoms with E-state index in [-0.39, 0.29) is 18.9 Å². The number of phosphoric ester groups is 1. The lowest BCUT2D eigenvalue weighted by molar-refractivity contribution is -0.115. The lowest BCUT2D eigenvalue weighted by Gasteiger charge is -2.30. The number of nitrogens with zero attached hydrogens (tertiary/aromatic N) is 3. The molecule has 0 atom stereocenters. The Morgan fingerprint density at radius 3 is 2.41 bits per heavy atom. The smallest absolute Gasteiger partial charge is 0.475 e. The summed E-state index contributed by atoms with van der Waals surface area (Å²) in [5, 5.41) is 16.8. The Balaban J connectivity index is 1.27. The predicted molar refractivity (Wildman–Crippen MR) is 185 cm³/mol. The van der Waals surface area contributed by atoms with Crippen molar-refractivity contribution in [2.45, 2.75) is 65.6 Å². The summed E-state index contributed by atoms with van der Waals surface area (Å²) in [5.41, 5.74) is 0.145. The highest BCUT2D eigenvalue weighted by Gasteiger charge is 2.37. The van der Waals surface area contributed by atoms with E-state index >= 15 is 0 Å². The van der Waals surface area contributed by atoms with Gasteiger partial charge in [0.05, 0.1) is 43.5 Å². The molecule has 2 aromatic heterocycles. The number of fused-ring (bicyclic) bond motifs is 1. The Hall–Kier alpha value is -4.14. The number of methoxy groups -OCH3 is 1. The number of carbonyl (C=O) groups excluding carboxylic acids is 1. The normalized spacial score (nSPS) is 12.2. The van der Waals surface area contributed by atoms with Gasteiger partial charge in [-0.15, -0.1) is 0 Å². The fourth-order valence-corrected chi connectivity index (χ4v) is 6.29. The Labute approximate surface area is 285 Å². The molecular weight excluding hydrogens is 656 g/mol. The van der Waals surface area contributed by atoms with Crippen molar-refractivity contribution in [2.75, 3.05) is 44.0 Å². The van der Waals surface area contributed by atoms with Crippen LogP contribution in [0, 0.1) is 5.82 Å². The van der Waals surface area contributed by atoms with Gasteiger partial charge in [-0.25, -0.2) is 18.9 Å². The molecule has 0 saturated carbocycles. The molecule has 2 aromatic carbocycles. The number of amides is 1. The molecule has 16 heteroatoms. The number of rotatable bonds is 17. The first kappa shape index (κ1) is 37.7. The minimum absolute atomic E-state index is 0.00836. The van der Waals surface area contributed by atoms with Gasteiger partial charge >= 0.3 is 7.82 Å². The molecule has 4 rings (SSSR count). The second-order valence-electron chi connectivity index (χ2n) is 13.0. The average Bonchev–Trinajstić information content (AvgIpc) is 3.42. The number of ether oxygens (including phenoxy) is 2. The minimum atomic E-state index is -3.76. The van der Waals surface area contributed by atoms with E-state index in [0.29, 0.717) is 71.5 Å². The Morgan fingerprint density at radius 1 is 0.959 bits per heavy atom. The lowest BCUT2D eigenvalue weighted by Crippen LogP contribution is -2.27. The second kappa shape index (κ2) is 16.5. The predicted octanol–water partition coefficient (Wildman–Crippen LogP) is 6.54. The van der Waals surface area contributed by atoms with Crippen molar-refractivity contribution in [3.05, 3.63) is 60.3 Å². The molecule has 0 spiro atoms. The first-order valence-corrected chi connectivity index (χ1v) is 17.3. The van der Waals surface area contributed by atoms with Crippen LogP contribution >= 0.6 is 7.82 Å². The van der Waals surface area contributed by atoms with Crippen LogP contribution in [0.25, 0.3) is 10.9 Å². The highest BCUT2D eigenvalue weighted by molar-refractivity contribution is 7.48. The van der Waals surface area contributed by atoms with E-state index in [9.17, 15) is 13.8 Å². The molecule has 266 valence electrons. The molecular formula is C33H45FN7O7P. The number of carbonyl (C=O) groups is 1. The van der Waals surface area contributed by atoms with Gasteiger partial charge in [0, 0.05) is 35.4 Å². The van der Waals surface area contributed by atoms with Gasteiger partial charge in [-0.1, -0.05) is 6.07 Å². The first-order chi connectivity index (χ1) is 23.1. The number of hydrogen-bond donors (Lipinski definition) is 4. The summed E-state index contributed by atoms with van der Waals surface area (Å²) >= 11 is 0. The summed E-state index contributed by atoms with van der Waals surface area (Å²) in [6, 6.07) is 10.9. The Kier molecular flexibility index (Phi) is 12.7. The molecule has 14 nitrogen and oxygen atoms in total. The third kappa shape index (κ3) is 12.4. The van der Waals surface area contributed by atoms with Gasteiger partial charge in [-0.3, -0.25) is 23.5 Å². The number of nitrogens with one attached hydrogen (secondary N) is 4. The monoisotopic (exact) mass is 701 g/mol. The van der Waals surface area contributed by atoms with Crippen molar-refractivity contribution >= 4 is 42.0 Å². The molecule has 49 heavy (non-hydrogen) atoms. The molecule has 0 radical (unpaired) electrons. The van der Waals surface area contributed by atoms with Crippen LogP contribution < -0.4 is 25.4 Å². The van der Waals surface area contributed by atoms with E-state index in [1.54, 1.807) is 72.9 Å². The molecule has 4 N–H and O–H groups in total. The summed E-state index contributed by atoms with van der Waals surface area (Å²) in [4.78, 5) is 21.2. The van der Waals surface area contributed by atoms with Crippen LogP contribution in [-0.4, -0.2) is 70.7 Å². The number of hydrogen-bond acceptors (Lipinski definition) is 12. The summed E-state index contributed by atoms with van der Waals surface area (Å²) in [7, 11) is -2.21. The maximum atomic E-state index is 13.4. The first-order valence-electron chi connectivity index (χ1n) is 15.8. The number of phosphoric acid groups is 1. The molecule has 0 fully saturated rings. The lowest BCUT2D eigenvalue weighted by atomic mass is 10.2. The van der Waals surface area contributed by atoms with Gasteiger partial charge in [0.15, 0.2) is 17.3 Å². The topological polar surface area (TPSA) is 171 Å². The molecule has 0 aliphatic rings. The van der Waals surface area contributed by atoms with E-state index in [4.69, 9.17) is 23.0 Å². The van der Waals surface area contributed by atoms with Crippen LogP contribution in [0.2, 0.25) is 0 Å². The maximum absolute atomic E-state index is 13.4. The van der Waals surface area contributed by atoms with E-state index in [0.717, 1.165) is 0 Å². The fraction of sp³-hybridized carbons (Fsp3) is 0.455. The van der Waals surface area contributed by atoms with Crippen molar-refractivity contribution < 1.29 is 36.8 Å². The van der Waals surface area contributed by atoms with Crippen molar-refractivity contribution in [1.29, 1.82) is 0 Å². The number of anilines is 3. The van der Waals surface area contributed by atoms with Crippen molar-refractivity contribution in [1.82, 2.24) is 25.5 Å². The zero-order valence-electron chi connectivity index (χ0n) is 28.9. The van der Waals surface area contributed by atoms with Crippen LogP contribution in [0.4, 0.5) is 21.7 Å². The molecule has 4 aromatic rings. The minimum Gasteiger partial charge on any atom is -0.493 e. The van der Waals surface area contributed by atoms with Crippen molar-refractivity contribution in [3.8, 4) is 11.5 Å². The van der Waals surface area contributed by atoms with Crippen LogP contribution in [-0.2, 0) is 29.4 Å². The maximum Gasteiger partial charge on any atom is 0.475 e. The van der Waals surface area contributed by atoms with Crippen molar-refractivity contribution in [2.24, 2.45) is 0 Å².